The lowest BCUT2D eigenvalue weighted by molar-refractivity contribution is -0.153. The Kier molecular flexibility index (Phi) is 9.25. The Morgan fingerprint density at radius 1 is 1.14 bits per heavy atom. The van der Waals surface area contributed by atoms with Gasteiger partial charge < -0.3 is 15.0 Å². The molecule has 0 aromatic heterocycles. The summed E-state index contributed by atoms with van der Waals surface area (Å²) >= 11 is 0. The summed E-state index contributed by atoms with van der Waals surface area (Å²) in [6.07, 6.45) is 0.201. The maximum absolute atomic E-state index is 12.6. The zero-order valence-electron chi connectivity index (χ0n) is 17.4. The van der Waals surface area contributed by atoms with Gasteiger partial charge in [-0.2, -0.15) is 4.72 Å². The molecule has 0 saturated heterocycles. The minimum Gasteiger partial charge on any atom is -0.454 e. The molecule has 0 heterocycles. The van der Waals surface area contributed by atoms with Crippen molar-refractivity contribution < 1.29 is 27.5 Å². The maximum Gasteiger partial charge on any atom is 0.324 e. The van der Waals surface area contributed by atoms with Gasteiger partial charge in [0.25, 0.3) is 5.91 Å². The number of nitrogens with one attached hydrogen (secondary N) is 2. The molecule has 0 fully saturated rings. The first-order valence-electron chi connectivity index (χ1n) is 9.16. The number of likely N-dealkylation sites (N-methyl/N-ethyl adjacent to an activating group) is 2. The van der Waals surface area contributed by atoms with Crippen LogP contribution in [0.3, 0.4) is 0 Å². The molecule has 2 amide bonds. The van der Waals surface area contributed by atoms with Gasteiger partial charge in [0.15, 0.2) is 6.61 Å². The second kappa shape index (κ2) is 10.9. The second-order valence-electron chi connectivity index (χ2n) is 7.15. The smallest absolute Gasteiger partial charge is 0.324 e. The Balaban J connectivity index is 2.81. The van der Waals surface area contributed by atoms with Gasteiger partial charge in [0.2, 0.25) is 15.9 Å². The monoisotopic (exact) mass is 427 g/mol. The van der Waals surface area contributed by atoms with E-state index in [1.807, 2.05) is 20.8 Å². The molecule has 0 spiro atoms. The van der Waals surface area contributed by atoms with E-state index in [2.05, 4.69) is 10.0 Å². The average Bonchev–Trinajstić information content (AvgIpc) is 2.64. The maximum atomic E-state index is 12.6. The second-order valence-corrected chi connectivity index (χ2v) is 8.86. The summed E-state index contributed by atoms with van der Waals surface area (Å²) < 4.78 is 32.6. The molecule has 10 heteroatoms. The number of esters is 1. The van der Waals surface area contributed by atoms with Crippen LogP contribution in [0.4, 0.5) is 0 Å². The van der Waals surface area contributed by atoms with Gasteiger partial charge >= 0.3 is 5.97 Å². The van der Waals surface area contributed by atoms with Crippen molar-refractivity contribution in [2.45, 2.75) is 38.1 Å². The van der Waals surface area contributed by atoms with Crippen molar-refractivity contribution in [2.24, 2.45) is 5.92 Å². The molecular weight excluding hydrogens is 398 g/mol. The summed E-state index contributed by atoms with van der Waals surface area (Å²) in [7, 11) is -1.10. The van der Waals surface area contributed by atoms with Crippen LogP contribution in [-0.4, -0.2) is 64.4 Å². The number of amides is 2. The van der Waals surface area contributed by atoms with Crippen LogP contribution in [0.5, 0.6) is 0 Å². The van der Waals surface area contributed by atoms with Crippen molar-refractivity contribution >= 4 is 27.8 Å². The Labute approximate surface area is 171 Å². The largest absolute Gasteiger partial charge is 0.454 e. The molecule has 1 aromatic carbocycles. The summed E-state index contributed by atoms with van der Waals surface area (Å²) in [5.74, 6) is -1.79. The van der Waals surface area contributed by atoms with Crippen molar-refractivity contribution in [3.8, 4) is 0 Å². The van der Waals surface area contributed by atoms with Crippen molar-refractivity contribution in [3.63, 3.8) is 0 Å². The van der Waals surface area contributed by atoms with Gasteiger partial charge in [-0.15, -0.1) is 0 Å². The molecule has 1 atom stereocenters. The molecular formula is C19H29N3O6S. The van der Waals surface area contributed by atoms with Gasteiger partial charge in [0, 0.05) is 14.1 Å². The average molecular weight is 428 g/mol. The quantitative estimate of drug-likeness (QED) is 0.523. The van der Waals surface area contributed by atoms with E-state index in [1.54, 1.807) is 12.1 Å². The zero-order chi connectivity index (χ0) is 22.2. The van der Waals surface area contributed by atoms with Crippen molar-refractivity contribution in [1.29, 1.82) is 0 Å². The van der Waals surface area contributed by atoms with Crippen molar-refractivity contribution in [1.82, 2.24) is 14.9 Å². The van der Waals surface area contributed by atoms with Gasteiger partial charge in [-0.25, -0.2) is 8.42 Å². The van der Waals surface area contributed by atoms with Crippen molar-refractivity contribution in [2.75, 3.05) is 27.2 Å². The van der Waals surface area contributed by atoms with Crippen LogP contribution in [0.25, 0.3) is 0 Å². The highest BCUT2D eigenvalue weighted by atomic mass is 32.2. The predicted molar refractivity (Wildman–Crippen MR) is 107 cm³/mol. The van der Waals surface area contributed by atoms with Crippen LogP contribution in [0.1, 0.15) is 25.8 Å². The number of nitrogens with zero attached hydrogens (tertiary/aromatic N) is 1. The van der Waals surface area contributed by atoms with E-state index in [0.717, 1.165) is 10.5 Å². The Morgan fingerprint density at radius 2 is 1.72 bits per heavy atom. The zero-order valence-corrected chi connectivity index (χ0v) is 18.2. The van der Waals surface area contributed by atoms with Crippen LogP contribution in [-0.2, 0) is 29.1 Å². The standard InChI is InChI=1S/C19H29N3O6S/c1-13(2)10-16(21-29(26,27)15-8-6-14(3)7-9-15)19(25)28-12-18(24)22(5)11-17(23)20-4/h6-9,13,16,21H,10-12H2,1-5H3,(H,20,23)/t16-/m1/s1. The van der Waals surface area contributed by atoms with Crippen LogP contribution in [0.15, 0.2) is 29.2 Å². The molecule has 0 aliphatic heterocycles. The number of ether oxygens (including phenoxy) is 1. The Morgan fingerprint density at radius 3 is 2.24 bits per heavy atom. The molecule has 0 unspecified atom stereocenters. The number of hydrogen-bond donors (Lipinski definition) is 2. The molecule has 0 aliphatic rings. The fourth-order valence-electron chi connectivity index (χ4n) is 2.36. The van der Waals surface area contributed by atoms with Gasteiger partial charge in [-0.05, 0) is 31.4 Å². The third-order valence-corrected chi connectivity index (χ3v) is 5.53. The molecule has 162 valence electrons. The molecule has 1 aromatic rings. The number of benzene rings is 1. The summed E-state index contributed by atoms with van der Waals surface area (Å²) in [6, 6.07) is 5.08. The number of carbonyl (C=O) groups excluding carboxylic acids is 3. The highest BCUT2D eigenvalue weighted by Gasteiger charge is 2.28. The van der Waals surface area contributed by atoms with E-state index >= 15 is 0 Å². The lowest BCUT2D eigenvalue weighted by Crippen LogP contribution is -2.44. The van der Waals surface area contributed by atoms with E-state index in [9.17, 15) is 22.8 Å². The third-order valence-electron chi connectivity index (χ3n) is 4.04. The minimum atomic E-state index is -3.94. The highest BCUT2D eigenvalue weighted by Crippen LogP contribution is 2.14. The first-order chi connectivity index (χ1) is 13.5. The van der Waals surface area contributed by atoms with Gasteiger partial charge in [-0.3, -0.25) is 14.4 Å². The van der Waals surface area contributed by atoms with Crippen molar-refractivity contribution in [3.05, 3.63) is 29.8 Å². The first-order valence-corrected chi connectivity index (χ1v) is 10.6. The normalized spacial score (nSPS) is 12.3. The molecule has 1 rings (SSSR count). The van der Waals surface area contributed by atoms with Gasteiger partial charge in [0.05, 0.1) is 11.4 Å². The Bertz CT molecular complexity index is 821. The summed E-state index contributed by atoms with van der Waals surface area (Å²) in [5, 5.41) is 2.38. The number of hydrogen-bond acceptors (Lipinski definition) is 6. The molecule has 2 N–H and O–H groups in total. The Hall–Kier alpha value is -2.46. The molecule has 0 aliphatic carbocycles. The number of aryl methyl sites for hydroxylation is 1. The number of sulfonamides is 1. The highest BCUT2D eigenvalue weighted by molar-refractivity contribution is 7.89. The lowest BCUT2D eigenvalue weighted by atomic mass is 10.1. The van der Waals surface area contributed by atoms with E-state index in [-0.39, 0.29) is 29.7 Å². The topological polar surface area (TPSA) is 122 Å². The van der Waals surface area contributed by atoms with E-state index in [0.29, 0.717) is 0 Å². The van der Waals surface area contributed by atoms with Gasteiger partial charge in [0.1, 0.15) is 6.04 Å². The molecule has 29 heavy (non-hydrogen) atoms. The molecule has 0 radical (unpaired) electrons. The third kappa shape index (κ3) is 8.20. The van der Waals surface area contributed by atoms with E-state index in [4.69, 9.17) is 4.74 Å². The molecule has 0 bridgehead atoms. The minimum absolute atomic E-state index is 0.0000991. The number of carbonyl (C=O) groups is 3. The summed E-state index contributed by atoms with van der Waals surface area (Å²) in [5.41, 5.74) is 0.904. The van der Waals surface area contributed by atoms with Crippen LogP contribution < -0.4 is 10.0 Å². The van der Waals surface area contributed by atoms with Gasteiger partial charge in [-0.1, -0.05) is 31.5 Å². The fraction of sp³-hybridized carbons (Fsp3) is 0.526. The number of rotatable bonds is 10. The van der Waals surface area contributed by atoms with Crippen LogP contribution in [0, 0.1) is 12.8 Å². The fourth-order valence-corrected chi connectivity index (χ4v) is 3.56. The van der Waals surface area contributed by atoms with E-state index in [1.165, 1.54) is 26.2 Å². The summed E-state index contributed by atoms with van der Waals surface area (Å²) in [4.78, 5) is 36.9. The first kappa shape index (κ1) is 24.6. The SMILES string of the molecule is CNC(=O)CN(C)C(=O)COC(=O)[C@@H](CC(C)C)NS(=O)(=O)c1ccc(C)cc1. The molecule has 9 nitrogen and oxygen atoms in total. The molecule has 0 saturated carbocycles. The summed E-state index contributed by atoms with van der Waals surface area (Å²) in [6.45, 7) is 4.74. The van der Waals surface area contributed by atoms with E-state index < -0.39 is 34.5 Å². The van der Waals surface area contributed by atoms with Crippen LogP contribution >= 0.6 is 0 Å². The predicted octanol–water partition coefficient (Wildman–Crippen LogP) is 0.436. The van der Waals surface area contributed by atoms with Crippen LogP contribution in [0.2, 0.25) is 0 Å². The lowest BCUT2D eigenvalue weighted by Gasteiger charge is -2.20.